The number of hydrogen-bond donors (Lipinski definition) is 0. The number of fused-ring (bicyclic) bond motifs is 5. The third kappa shape index (κ3) is 4.87. The van der Waals surface area contributed by atoms with Crippen LogP contribution in [-0.2, 0) is 17.8 Å². The summed E-state index contributed by atoms with van der Waals surface area (Å²) in [6.07, 6.45) is 3.59. The lowest BCUT2D eigenvalue weighted by molar-refractivity contribution is -0.133. The second-order valence-corrected chi connectivity index (χ2v) is 10.6. The summed E-state index contributed by atoms with van der Waals surface area (Å²) >= 11 is 0. The molecule has 194 valence electrons. The van der Waals surface area contributed by atoms with Crippen LogP contribution in [0.25, 0.3) is 11.0 Å². The molecule has 0 spiro atoms. The molecule has 3 aromatic rings. The van der Waals surface area contributed by atoms with Crippen molar-refractivity contribution in [2.45, 2.75) is 59.4 Å². The van der Waals surface area contributed by atoms with Crippen LogP contribution in [0.2, 0.25) is 0 Å². The van der Waals surface area contributed by atoms with E-state index in [1.54, 1.807) is 12.1 Å². The summed E-state index contributed by atoms with van der Waals surface area (Å²) in [6.45, 7) is 10.2. The second kappa shape index (κ2) is 10.0. The largest absolute Gasteiger partial charge is 0.489 e. The van der Waals surface area contributed by atoms with Gasteiger partial charge in [0, 0.05) is 60.2 Å². The van der Waals surface area contributed by atoms with Gasteiger partial charge < -0.3 is 18.6 Å². The fourth-order valence-corrected chi connectivity index (χ4v) is 5.80. The Labute approximate surface area is 216 Å². The Morgan fingerprint density at radius 2 is 1.89 bits per heavy atom. The van der Waals surface area contributed by atoms with Crippen LogP contribution in [0.1, 0.15) is 55.0 Å². The van der Waals surface area contributed by atoms with Crippen LogP contribution in [0.4, 0.5) is 0 Å². The van der Waals surface area contributed by atoms with E-state index in [9.17, 15) is 14.4 Å². The number of aromatic nitrogens is 1. The highest BCUT2D eigenvalue weighted by Crippen LogP contribution is 2.35. The van der Waals surface area contributed by atoms with Crippen LogP contribution < -0.4 is 15.9 Å². The van der Waals surface area contributed by atoms with Crippen LogP contribution >= 0.6 is 0 Å². The van der Waals surface area contributed by atoms with Crippen LogP contribution in [0.5, 0.6) is 5.75 Å². The van der Waals surface area contributed by atoms with Crippen LogP contribution in [0.15, 0.2) is 56.0 Å². The summed E-state index contributed by atoms with van der Waals surface area (Å²) in [4.78, 5) is 40.4. The van der Waals surface area contributed by atoms with E-state index in [-0.39, 0.29) is 29.7 Å². The van der Waals surface area contributed by atoms with Gasteiger partial charge in [0.05, 0.1) is 0 Å². The number of allylic oxidation sites excluding steroid dienone is 1. The standard InChI is InChI=1S/C30H34N2O5/c1-18(2)12-13-36-26-10-8-23-19(3)24(30(35)37-29(23)20(26)4)9-11-27(33)31-15-21-14-22(17-31)25-6-5-7-28(34)32(25)16-21/h5-8,10,12,21-22H,9,11,13-17H2,1-4H3/t21-,22+/m1/s1. The number of nitrogens with zero attached hydrogens (tertiary/aromatic N) is 2. The molecule has 1 saturated heterocycles. The van der Waals surface area contributed by atoms with Gasteiger partial charge >= 0.3 is 5.63 Å². The SMILES string of the molecule is CC(C)=CCOc1ccc2c(C)c(CCC(=O)N3C[C@H]4C[C@@H](C3)c3cccc(=O)n3C4)c(=O)oc2c1C. The van der Waals surface area contributed by atoms with Gasteiger partial charge in [-0.05, 0) is 76.3 Å². The van der Waals surface area contributed by atoms with Crippen molar-refractivity contribution in [2.75, 3.05) is 19.7 Å². The number of benzene rings is 1. The first-order valence-electron chi connectivity index (χ1n) is 13.0. The lowest BCUT2D eigenvalue weighted by Crippen LogP contribution is -2.49. The van der Waals surface area contributed by atoms with Crippen molar-refractivity contribution in [1.82, 2.24) is 9.47 Å². The first kappa shape index (κ1) is 25.1. The molecule has 0 N–H and O–H groups in total. The molecular weight excluding hydrogens is 468 g/mol. The van der Waals surface area contributed by atoms with Gasteiger partial charge in [0.2, 0.25) is 5.91 Å². The normalized spacial score (nSPS) is 18.4. The number of carbonyl (C=O) groups excluding carboxylic acids is 1. The van der Waals surface area contributed by atoms with E-state index in [1.165, 1.54) is 5.57 Å². The van der Waals surface area contributed by atoms with Gasteiger partial charge in [-0.2, -0.15) is 0 Å². The summed E-state index contributed by atoms with van der Waals surface area (Å²) in [6, 6.07) is 9.24. The maximum Gasteiger partial charge on any atom is 0.339 e. The van der Waals surface area contributed by atoms with Crippen molar-refractivity contribution in [3.8, 4) is 5.75 Å². The number of rotatable bonds is 6. The topological polar surface area (TPSA) is 81.8 Å². The smallest absolute Gasteiger partial charge is 0.339 e. The van der Waals surface area contributed by atoms with Gasteiger partial charge in [0.25, 0.3) is 5.56 Å². The highest BCUT2D eigenvalue weighted by molar-refractivity contribution is 5.86. The lowest BCUT2D eigenvalue weighted by Gasteiger charge is -2.42. The van der Waals surface area contributed by atoms with Crippen molar-refractivity contribution in [1.29, 1.82) is 0 Å². The number of aryl methyl sites for hydroxylation is 2. The maximum atomic E-state index is 13.2. The van der Waals surface area contributed by atoms with Gasteiger partial charge in [-0.15, -0.1) is 0 Å². The van der Waals surface area contributed by atoms with Crippen LogP contribution in [0.3, 0.4) is 0 Å². The van der Waals surface area contributed by atoms with Crippen LogP contribution in [-0.4, -0.2) is 35.1 Å². The molecule has 0 saturated carbocycles. The molecule has 4 heterocycles. The molecule has 2 aliphatic heterocycles. The Kier molecular flexibility index (Phi) is 6.80. The molecule has 1 amide bonds. The van der Waals surface area contributed by atoms with Crippen LogP contribution in [0, 0.1) is 19.8 Å². The first-order valence-corrected chi connectivity index (χ1v) is 13.0. The number of likely N-dealkylation sites (tertiary alicyclic amines) is 1. The lowest BCUT2D eigenvalue weighted by atomic mass is 9.83. The molecule has 2 bridgehead atoms. The summed E-state index contributed by atoms with van der Waals surface area (Å²) in [7, 11) is 0. The van der Waals surface area contributed by atoms with E-state index in [2.05, 4.69) is 0 Å². The molecule has 0 unspecified atom stereocenters. The third-order valence-electron chi connectivity index (χ3n) is 7.81. The Balaban J connectivity index is 1.31. The monoisotopic (exact) mass is 502 g/mol. The first-order chi connectivity index (χ1) is 17.7. The Bertz CT molecular complexity index is 1510. The minimum Gasteiger partial charge on any atom is -0.489 e. The number of ether oxygens (including phenoxy) is 1. The van der Waals surface area contributed by atoms with E-state index < -0.39 is 5.63 Å². The van der Waals surface area contributed by atoms with Crippen molar-refractivity contribution in [3.05, 3.63) is 85.1 Å². The fourth-order valence-electron chi connectivity index (χ4n) is 5.80. The van der Waals surface area contributed by atoms with Gasteiger partial charge in [-0.25, -0.2) is 4.79 Å². The number of carbonyl (C=O) groups is 1. The number of pyridine rings is 1. The quantitative estimate of drug-likeness (QED) is 0.366. The summed E-state index contributed by atoms with van der Waals surface area (Å²) < 4.78 is 13.5. The zero-order valence-corrected chi connectivity index (χ0v) is 22.0. The Morgan fingerprint density at radius 3 is 2.68 bits per heavy atom. The minimum atomic E-state index is -0.397. The fraction of sp³-hybridized carbons (Fsp3) is 0.433. The molecule has 37 heavy (non-hydrogen) atoms. The van der Waals surface area contributed by atoms with Crippen molar-refractivity contribution in [2.24, 2.45) is 5.92 Å². The van der Waals surface area contributed by atoms with Gasteiger partial charge in [-0.1, -0.05) is 11.6 Å². The zero-order chi connectivity index (χ0) is 26.3. The summed E-state index contributed by atoms with van der Waals surface area (Å²) in [5, 5.41) is 0.865. The molecule has 7 nitrogen and oxygen atoms in total. The average molecular weight is 503 g/mol. The van der Waals surface area contributed by atoms with Crippen molar-refractivity contribution < 1.29 is 13.9 Å². The van der Waals surface area contributed by atoms with Gasteiger partial charge in [0.1, 0.15) is 17.9 Å². The molecular formula is C30H34N2O5. The number of hydrogen-bond acceptors (Lipinski definition) is 5. The highest BCUT2D eigenvalue weighted by atomic mass is 16.5. The minimum absolute atomic E-state index is 0.0345. The Morgan fingerprint density at radius 1 is 1.08 bits per heavy atom. The van der Waals surface area contributed by atoms with Gasteiger partial charge in [-0.3, -0.25) is 9.59 Å². The number of amides is 1. The average Bonchev–Trinajstić information content (AvgIpc) is 2.86. The molecule has 2 aliphatic rings. The van der Waals surface area contributed by atoms with E-state index in [0.717, 1.165) is 28.6 Å². The molecule has 1 aromatic carbocycles. The van der Waals surface area contributed by atoms with E-state index in [1.807, 2.05) is 61.4 Å². The second-order valence-electron chi connectivity index (χ2n) is 10.6. The van der Waals surface area contributed by atoms with Gasteiger partial charge in [0.15, 0.2) is 0 Å². The third-order valence-corrected chi connectivity index (χ3v) is 7.81. The van der Waals surface area contributed by atoms with Crippen molar-refractivity contribution in [3.63, 3.8) is 0 Å². The molecule has 2 atom stereocenters. The zero-order valence-electron chi connectivity index (χ0n) is 22.0. The molecule has 0 aliphatic carbocycles. The molecule has 0 radical (unpaired) electrons. The highest BCUT2D eigenvalue weighted by Gasteiger charge is 2.36. The molecule has 2 aromatic heterocycles. The predicted molar refractivity (Wildman–Crippen MR) is 143 cm³/mol. The molecule has 5 rings (SSSR count). The molecule has 7 heteroatoms. The Hall–Kier alpha value is -3.61. The van der Waals surface area contributed by atoms with E-state index in [0.29, 0.717) is 49.6 Å². The number of piperidine rings is 1. The maximum absolute atomic E-state index is 13.2. The summed E-state index contributed by atoms with van der Waals surface area (Å²) in [5.74, 6) is 1.18. The summed E-state index contributed by atoms with van der Waals surface area (Å²) in [5.41, 5.74) is 4.56. The molecule has 1 fully saturated rings. The van der Waals surface area contributed by atoms with E-state index >= 15 is 0 Å². The van der Waals surface area contributed by atoms with Crippen molar-refractivity contribution >= 4 is 16.9 Å². The van der Waals surface area contributed by atoms with E-state index in [4.69, 9.17) is 9.15 Å². The predicted octanol–water partition coefficient (Wildman–Crippen LogP) is 4.50.